The molecule has 1 aliphatic carbocycles. The number of nitrogens with zero attached hydrogens (tertiary/aromatic N) is 2. The van der Waals surface area contributed by atoms with Crippen LogP contribution in [0.2, 0.25) is 0 Å². The maximum Gasteiger partial charge on any atom is 1.00 e. The summed E-state index contributed by atoms with van der Waals surface area (Å²) in [5.74, 6) is -1.42. The molecule has 3 saturated heterocycles. The number of aromatic nitrogens is 1. The quantitative estimate of drug-likeness (QED) is 0.235. The molecule has 11 heteroatoms. The van der Waals surface area contributed by atoms with Crippen LogP contribution in [0.4, 0.5) is 4.79 Å². The van der Waals surface area contributed by atoms with Crippen LogP contribution in [0.5, 0.6) is 0 Å². The Hall–Kier alpha value is -1.69. The summed E-state index contributed by atoms with van der Waals surface area (Å²) in [6, 6.07) is 2.09. The molecule has 6 atom stereocenters. The summed E-state index contributed by atoms with van der Waals surface area (Å²) in [7, 11) is 1.63. The Labute approximate surface area is 238 Å². The zero-order valence-electron chi connectivity index (χ0n) is 22.1. The molecule has 3 aliphatic heterocycles. The average molecular weight is 525 g/mol. The number of hydrogen-bond acceptors (Lipinski definition) is 8. The van der Waals surface area contributed by atoms with E-state index < -0.39 is 23.8 Å². The molecule has 4 fully saturated rings. The van der Waals surface area contributed by atoms with Gasteiger partial charge in [0.1, 0.15) is 23.4 Å². The second-order valence-electron chi connectivity index (χ2n) is 10.8. The number of aromatic carboxylic acids is 1. The molecule has 10 nitrogen and oxygen atoms in total. The van der Waals surface area contributed by atoms with Crippen molar-refractivity contribution < 1.29 is 63.2 Å². The van der Waals surface area contributed by atoms with Crippen LogP contribution < -0.4 is 40.2 Å². The number of pyridine rings is 1. The van der Waals surface area contributed by atoms with Crippen molar-refractivity contribution >= 4 is 12.1 Å². The van der Waals surface area contributed by atoms with Crippen LogP contribution in [0.3, 0.4) is 0 Å². The van der Waals surface area contributed by atoms with E-state index in [0.29, 0.717) is 13.0 Å². The van der Waals surface area contributed by atoms with E-state index in [1.807, 2.05) is 0 Å². The van der Waals surface area contributed by atoms with Gasteiger partial charge >= 0.3 is 35.7 Å². The molecule has 196 valence electrons. The minimum absolute atomic E-state index is 0. The molecule has 0 N–H and O–H groups in total. The third-order valence-electron chi connectivity index (χ3n) is 8.18. The predicted octanol–water partition coefficient (Wildman–Crippen LogP) is -1.71. The number of allylic oxidation sites excluding steroid dienone is 1. The molecule has 1 aromatic rings. The van der Waals surface area contributed by atoms with Crippen molar-refractivity contribution in [2.45, 2.75) is 75.6 Å². The largest absolute Gasteiger partial charge is 1.00 e. The van der Waals surface area contributed by atoms with Crippen LogP contribution >= 0.6 is 0 Å². The molecule has 1 amide bonds. The van der Waals surface area contributed by atoms with Gasteiger partial charge in [-0.25, -0.2) is 4.79 Å². The van der Waals surface area contributed by atoms with Crippen LogP contribution in [-0.4, -0.2) is 77.8 Å². The van der Waals surface area contributed by atoms with Crippen LogP contribution in [-0.2, 0) is 18.9 Å². The van der Waals surface area contributed by atoms with Crippen LogP contribution in [0, 0.1) is 5.92 Å². The van der Waals surface area contributed by atoms with Crippen molar-refractivity contribution in [2.75, 3.05) is 26.8 Å². The Morgan fingerprint density at radius 3 is 2.57 bits per heavy atom. The molecule has 0 radical (unpaired) electrons. The normalized spacial score (nSPS) is 34.2. The van der Waals surface area contributed by atoms with Gasteiger partial charge in [-0.15, -0.1) is 0 Å². The van der Waals surface area contributed by atoms with Crippen molar-refractivity contribution in [3.8, 4) is 0 Å². The predicted molar refractivity (Wildman–Crippen MR) is 125 cm³/mol. The number of ether oxygens (including phenoxy) is 4. The van der Waals surface area contributed by atoms with E-state index in [1.54, 1.807) is 7.11 Å². The van der Waals surface area contributed by atoms with Gasteiger partial charge in [0.15, 0.2) is 0 Å². The van der Waals surface area contributed by atoms with Crippen molar-refractivity contribution in [3.05, 3.63) is 45.9 Å². The maximum atomic E-state index is 13.0. The molecular weight excluding hydrogens is 491 g/mol. The van der Waals surface area contributed by atoms with Crippen molar-refractivity contribution in [2.24, 2.45) is 5.92 Å². The Balaban J connectivity index is 0.00000320. The van der Waals surface area contributed by atoms with Gasteiger partial charge in [0.05, 0.1) is 30.6 Å². The maximum absolute atomic E-state index is 13.0. The third kappa shape index (κ3) is 5.29. The standard InChI is InChI=1S/C26H34N2O8.Na/c1-15(2)5-7-19-25(3,36-19)22-21(33-4)18(9-10-26(22)14-34-26)35-24(32)27-12-17(13-27)28-11-16(23(30)31)6-8-20(28)29;/h5-6,8,11,17-19,21-22H,7,9-10,12-14H2,1-4H3,(H,30,31);/q;+1/p-1/t18-,19-,21-,22-,25+,26+;/m1./s1. The van der Waals surface area contributed by atoms with Gasteiger partial charge < -0.3 is 38.3 Å². The number of likely N-dealkylation sites (tertiary alicyclic amines) is 1. The number of methoxy groups -OCH3 is 1. The minimum atomic E-state index is -1.36. The van der Waals surface area contributed by atoms with Crippen molar-refractivity contribution in [1.29, 1.82) is 0 Å². The average Bonchev–Trinajstić information content (AvgIpc) is 3.70. The number of carboxylic acids is 1. The van der Waals surface area contributed by atoms with Gasteiger partial charge in [0.25, 0.3) is 5.56 Å². The first-order valence-corrected chi connectivity index (χ1v) is 12.4. The molecule has 1 saturated carbocycles. The van der Waals surface area contributed by atoms with Gasteiger partial charge in [0, 0.05) is 38.0 Å². The summed E-state index contributed by atoms with van der Waals surface area (Å²) in [5, 5.41) is 11.1. The minimum Gasteiger partial charge on any atom is -0.545 e. The summed E-state index contributed by atoms with van der Waals surface area (Å²) in [5.41, 5.74) is 0.113. The fourth-order valence-corrected chi connectivity index (χ4v) is 5.96. The fourth-order valence-electron chi connectivity index (χ4n) is 5.96. The Kier molecular flexibility index (Phi) is 8.01. The molecule has 0 bridgehead atoms. The zero-order chi connectivity index (χ0) is 25.8. The Morgan fingerprint density at radius 1 is 1.27 bits per heavy atom. The van der Waals surface area contributed by atoms with Gasteiger partial charge in [-0.1, -0.05) is 11.6 Å². The first-order valence-electron chi connectivity index (χ1n) is 12.4. The van der Waals surface area contributed by atoms with E-state index in [9.17, 15) is 19.5 Å². The van der Waals surface area contributed by atoms with E-state index in [1.165, 1.54) is 33.4 Å². The summed E-state index contributed by atoms with van der Waals surface area (Å²) < 4.78 is 25.3. The topological polar surface area (TPSA) is 126 Å². The van der Waals surface area contributed by atoms with E-state index in [0.717, 1.165) is 12.8 Å². The van der Waals surface area contributed by atoms with E-state index in [4.69, 9.17) is 18.9 Å². The molecule has 4 aliphatic rings. The number of amides is 1. The fraction of sp³-hybridized carbons (Fsp3) is 0.654. The molecule has 4 heterocycles. The molecular formula is C26H33N2NaO8. The SMILES string of the molecule is CO[C@@H]1[C@H](OC(=O)N2CC(n3cc(C(=O)[O-])ccc3=O)C2)CC[C@]2(CO2)[C@H]1[C@@]1(C)O[C@@H]1CC=C(C)C.[Na+]. The zero-order valence-corrected chi connectivity index (χ0v) is 24.1. The van der Waals surface area contributed by atoms with Crippen LogP contribution in [0.15, 0.2) is 34.8 Å². The number of rotatable bonds is 7. The van der Waals surface area contributed by atoms with E-state index >= 15 is 0 Å². The second-order valence-corrected chi connectivity index (χ2v) is 10.8. The second kappa shape index (κ2) is 10.5. The number of carbonyl (C=O) groups excluding carboxylic acids is 2. The molecule has 5 rings (SSSR count). The van der Waals surface area contributed by atoms with Crippen molar-refractivity contribution in [3.63, 3.8) is 0 Å². The summed E-state index contributed by atoms with van der Waals surface area (Å²) >= 11 is 0. The van der Waals surface area contributed by atoms with Gasteiger partial charge in [0.2, 0.25) is 0 Å². The summed E-state index contributed by atoms with van der Waals surface area (Å²) in [6.45, 7) is 7.38. The first-order chi connectivity index (χ1) is 17.1. The van der Waals surface area contributed by atoms with Gasteiger partial charge in [-0.3, -0.25) is 4.79 Å². The number of carbonyl (C=O) groups is 2. The smallest absolute Gasteiger partial charge is 0.545 e. The van der Waals surface area contributed by atoms with E-state index in [2.05, 4.69) is 26.8 Å². The number of carboxylic acid groups (broad SMARTS) is 1. The monoisotopic (exact) mass is 524 g/mol. The number of hydrogen-bond donors (Lipinski definition) is 0. The van der Waals surface area contributed by atoms with Crippen molar-refractivity contribution in [1.82, 2.24) is 9.47 Å². The Morgan fingerprint density at radius 2 is 1.97 bits per heavy atom. The summed E-state index contributed by atoms with van der Waals surface area (Å²) in [4.78, 5) is 37.8. The third-order valence-corrected chi connectivity index (χ3v) is 8.18. The van der Waals surface area contributed by atoms with E-state index in [-0.39, 0.29) is 83.5 Å². The molecule has 1 aromatic heterocycles. The molecule has 1 spiro atoms. The Bertz CT molecular complexity index is 1140. The molecule has 0 unspecified atom stereocenters. The molecule has 37 heavy (non-hydrogen) atoms. The summed E-state index contributed by atoms with van der Waals surface area (Å²) in [6.07, 6.45) is 4.41. The van der Waals surface area contributed by atoms with Crippen LogP contribution in [0.25, 0.3) is 0 Å². The first kappa shape index (κ1) is 28.3. The molecule has 0 aromatic carbocycles. The number of epoxide rings is 2. The van der Waals surface area contributed by atoms with Gasteiger partial charge in [-0.2, -0.15) is 0 Å². The van der Waals surface area contributed by atoms with Crippen LogP contribution in [0.1, 0.15) is 56.4 Å². The van der Waals surface area contributed by atoms with Gasteiger partial charge in [-0.05, 0) is 46.1 Å².